The lowest BCUT2D eigenvalue weighted by Crippen LogP contribution is -2.49. The van der Waals surface area contributed by atoms with Crippen molar-refractivity contribution in [2.24, 2.45) is 11.1 Å². The highest BCUT2D eigenvalue weighted by molar-refractivity contribution is 5.76. The molecular formula is C12H22N2O2. The molecule has 1 saturated heterocycles. The van der Waals surface area contributed by atoms with Crippen LogP contribution in [-0.4, -0.2) is 41.7 Å². The Balaban J connectivity index is 2.01. The predicted molar refractivity (Wildman–Crippen MR) is 61.8 cm³/mol. The zero-order valence-electron chi connectivity index (χ0n) is 9.82. The molecule has 4 heteroatoms. The van der Waals surface area contributed by atoms with E-state index in [2.05, 4.69) is 0 Å². The van der Waals surface area contributed by atoms with Crippen molar-refractivity contribution in [2.75, 3.05) is 19.6 Å². The summed E-state index contributed by atoms with van der Waals surface area (Å²) >= 11 is 0. The predicted octanol–water partition coefficient (Wildman–Crippen LogP) is 0.489. The molecule has 1 heterocycles. The third-order valence-electron chi connectivity index (χ3n) is 4.18. The van der Waals surface area contributed by atoms with Gasteiger partial charge in [-0.1, -0.05) is 6.42 Å². The number of amides is 1. The number of aliphatic hydroxyl groups excluding tert-OH is 1. The molecule has 92 valence electrons. The molecule has 1 aliphatic carbocycles. The molecule has 2 fully saturated rings. The van der Waals surface area contributed by atoms with E-state index in [0.717, 1.165) is 45.2 Å². The Morgan fingerprint density at radius 1 is 1.44 bits per heavy atom. The van der Waals surface area contributed by atoms with Crippen LogP contribution in [0.4, 0.5) is 0 Å². The number of aliphatic hydroxyl groups is 1. The van der Waals surface area contributed by atoms with Gasteiger partial charge in [0.15, 0.2) is 0 Å². The summed E-state index contributed by atoms with van der Waals surface area (Å²) in [7, 11) is 0. The van der Waals surface area contributed by atoms with Crippen LogP contribution in [0.3, 0.4) is 0 Å². The smallest absolute Gasteiger partial charge is 0.223 e. The monoisotopic (exact) mass is 226 g/mol. The lowest BCUT2D eigenvalue weighted by atomic mass is 9.76. The lowest BCUT2D eigenvalue weighted by Gasteiger charge is -2.42. The molecule has 2 atom stereocenters. The molecule has 16 heavy (non-hydrogen) atoms. The molecule has 2 aliphatic rings. The SMILES string of the molecule is NCCC(=O)N1CCC[C@]2(CCC[C@H]2O)C1. The average molecular weight is 226 g/mol. The van der Waals surface area contributed by atoms with Crippen LogP contribution in [0.1, 0.15) is 38.5 Å². The van der Waals surface area contributed by atoms with Gasteiger partial charge in [-0.25, -0.2) is 0 Å². The molecule has 0 unspecified atom stereocenters. The van der Waals surface area contributed by atoms with Crippen LogP contribution in [0.15, 0.2) is 0 Å². The molecule has 0 bridgehead atoms. The number of nitrogens with two attached hydrogens (primary N) is 1. The maximum absolute atomic E-state index is 11.8. The van der Waals surface area contributed by atoms with Crippen LogP contribution in [0.25, 0.3) is 0 Å². The summed E-state index contributed by atoms with van der Waals surface area (Å²) in [6.45, 7) is 2.01. The van der Waals surface area contributed by atoms with Crippen LogP contribution in [-0.2, 0) is 4.79 Å². The van der Waals surface area contributed by atoms with E-state index in [0.29, 0.717) is 13.0 Å². The third-order valence-corrected chi connectivity index (χ3v) is 4.18. The highest BCUT2D eigenvalue weighted by atomic mass is 16.3. The molecule has 1 amide bonds. The topological polar surface area (TPSA) is 66.6 Å². The minimum Gasteiger partial charge on any atom is -0.392 e. The summed E-state index contributed by atoms with van der Waals surface area (Å²) in [4.78, 5) is 13.7. The van der Waals surface area contributed by atoms with Crippen LogP contribution in [0, 0.1) is 5.41 Å². The molecule has 1 spiro atoms. The van der Waals surface area contributed by atoms with E-state index in [1.807, 2.05) is 4.90 Å². The van der Waals surface area contributed by atoms with Gasteiger partial charge in [-0.2, -0.15) is 0 Å². The zero-order valence-corrected chi connectivity index (χ0v) is 9.82. The van der Waals surface area contributed by atoms with Crippen molar-refractivity contribution in [1.29, 1.82) is 0 Å². The fourth-order valence-electron chi connectivity index (χ4n) is 3.25. The second-order valence-electron chi connectivity index (χ2n) is 5.23. The average Bonchev–Trinajstić information content (AvgIpc) is 2.61. The number of piperidine rings is 1. The zero-order chi connectivity index (χ0) is 11.6. The summed E-state index contributed by atoms with van der Waals surface area (Å²) < 4.78 is 0. The van der Waals surface area contributed by atoms with E-state index < -0.39 is 0 Å². The minimum atomic E-state index is -0.207. The molecule has 0 aromatic heterocycles. The van der Waals surface area contributed by atoms with Crippen molar-refractivity contribution in [2.45, 2.75) is 44.6 Å². The number of likely N-dealkylation sites (tertiary alicyclic amines) is 1. The van der Waals surface area contributed by atoms with E-state index in [-0.39, 0.29) is 17.4 Å². The first-order valence-corrected chi connectivity index (χ1v) is 6.34. The maximum Gasteiger partial charge on any atom is 0.223 e. The number of rotatable bonds is 2. The highest BCUT2D eigenvalue weighted by Crippen LogP contribution is 2.45. The Morgan fingerprint density at radius 3 is 2.81 bits per heavy atom. The number of carbonyl (C=O) groups is 1. The Labute approximate surface area is 96.8 Å². The van der Waals surface area contributed by atoms with Crippen LogP contribution in [0.2, 0.25) is 0 Å². The maximum atomic E-state index is 11.8. The van der Waals surface area contributed by atoms with Gasteiger partial charge in [-0.05, 0) is 25.7 Å². The molecule has 0 aromatic rings. The summed E-state index contributed by atoms with van der Waals surface area (Å²) in [6.07, 6.45) is 5.39. The molecule has 1 aliphatic heterocycles. The number of carbonyl (C=O) groups excluding carboxylic acids is 1. The van der Waals surface area contributed by atoms with Crippen LogP contribution >= 0.6 is 0 Å². The van der Waals surface area contributed by atoms with Gasteiger partial charge in [0.05, 0.1) is 6.10 Å². The number of nitrogens with zero attached hydrogens (tertiary/aromatic N) is 1. The van der Waals surface area contributed by atoms with Gasteiger partial charge < -0.3 is 15.7 Å². The molecule has 0 radical (unpaired) electrons. The van der Waals surface area contributed by atoms with Gasteiger partial charge >= 0.3 is 0 Å². The summed E-state index contributed by atoms with van der Waals surface area (Å²) in [5.74, 6) is 0.153. The van der Waals surface area contributed by atoms with Crippen LogP contribution < -0.4 is 5.73 Å². The van der Waals surface area contributed by atoms with E-state index in [9.17, 15) is 9.90 Å². The van der Waals surface area contributed by atoms with Crippen molar-refractivity contribution >= 4 is 5.91 Å². The normalized spacial score (nSPS) is 34.6. The minimum absolute atomic E-state index is 0.00249. The first-order valence-electron chi connectivity index (χ1n) is 6.34. The molecule has 4 nitrogen and oxygen atoms in total. The van der Waals surface area contributed by atoms with E-state index in [4.69, 9.17) is 5.73 Å². The molecular weight excluding hydrogens is 204 g/mol. The van der Waals surface area contributed by atoms with E-state index in [1.54, 1.807) is 0 Å². The van der Waals surface area contributed by atoms with Crippen LogP contribution in [0.5, 0.6) is 0 Å². The van der Waals surface area contributed by atoms with E-state index in [1.165, 1.54) is 0 Å². The summed E-state index contributed by atoms with van der Waals surface area (Å²) in [6, 6.07) is 0. The lowest BCUT2D eigenvalue weighted by molar-refractivity contribution is -0.136. The van der Waals surface area contributed by atoms with Gasteiger partial charge in [0.1, 0.15) is 0 Å². The molecule has 1 saturated carbocycles. The van der Waals surface area contributed by atoms with Crippen molar-refractivity contribution in [3.8, 4) is 0 Å². The first kappa shape index (κ1) is 11.9. The Morgan fingerprint density at radius 2 is 2.19 bits per heavy atom. The molecule has 0 aromatic carbocycles. The Bertz CT molecular complexity index is 270. The van der Waals surface area contributed by atoms with Gasteiger partial charge in [0, 0.05) is 31.5 Å². The molecule has 2 rings (SSSR count). The quantitative estimate of drug-likeness (QED) is 0.720. The first-order chi connectivity index (χ1) is 7.68. The standard InChI is InChI=1S/C12H22N2O2/c13-7-4-11(16)14-8-2-6-12(9-14)5-1-3-10(12)15/h10,15H,1-9,13H2/t10-,12-/m1/s1. The van der Waals surface area contributed by atoms with Crippen molar-refractivity contribution < 1.29 is 9.90 Å². The Kier molecular flexibility index (Phi) is 3.50. The van der Waals surface area contributed by atoms with Crippen molar-refractivity contribution in [3.63, 3.8) is 0 Å². The van der Waals surface area contributed by atoms with Gasteiger partial charge in [-0.15, -0.1) is 0 Å². The Hall–Kier alpha value is -0.610. The number of hydrogen-bond acceptors (Lipinski definition) is 3. The fourth-order valence-corrected chi connectivity index (χ4v) is 3.25. The summed E-state index contributed by atoms with van der Waals surface area (Å²) in [5.41, 5.74) is 5.41. The second-order valence-corrected chi connectivity index (χ2v) is 5.23. The van der Waals surface area contributed by atoms with Gasteiger partial charge in [0.2, 0.25) is 5.91 Å². The van der Waals surface area contributed by atoms with Crippen molar-refractivity contribution in [3.05, 3.63) is 0 Å². The third kappa shape index (κ3) is 2.09. The molecule has 3 N–H and O–H groups in total. The number of hydrogen-bond donors (Lipinski definition) is 2. The highest BCUT2D eigenvalue weighted by Gasteiger charge is 2.45. The largest absolute Gasteiger partial charge is 0.392 e. The van der Waals surface area contributed by atoms with Gasteiger partial charge in [0.25, 0.3) is 0 Å². The van der Waals surface area contributed by atoms with Gasteiger partial charge in [-0.3, -0.25) is 4.79 Å². The van der Waals surface area contributed by atoms with E-state index >= 15 is 0 Å². The van der Waals surface area contributed by atoms with Crippen molar-refractivity contribution in [1.82, 2.24) is 4.90 Å². The second kappa shape index (κ2) is 4.72. The fraction of sp³-hybridized carbons (Fsp3) is 0.917. The summed E-state index contributed by atoms with van der Waals surface area (Å²) in [5, 5.41) is 10.1.